The summed E-state index contributed by atoms with van der Waals surface area (Å²) in [5.74, 6) is -0.991. The number of carbonyl (C=O) groups excluding carboxylic acids is 1. The number of carbonyl (C=O) groups is 1. The number of hydrogen-bond acceptors (Lipinski definition) is 3. The molecule has 0 spiro atoms. The Morgan fingerprint density at radius 3 is 2.48 bits per heavy atom. The monoisotopic (exact) mass is 316 g/mol. The maximum atomic E-state index is 13.5. The number of alkyl halides is 1. The fourth-order valence-corrected chi connectivity index (χ4v) is 2.42. The van der Waals surface area contributed by atoms with Crippen LogP contribution in [0, 0.1) is 15.9 Å². The zero-order valence-electron chi connectivity index (χ0n) is 12.0. The van der Waals surface area contributed by atoms with Crippen LogP contribution in [0.5, 0.6) is 0 Å². The lowest BCUT2D eigenvalue weighted by Crippen LogP contribution is -2.41. The third kappa shape index (κ3) is 4.39. The number of benzene rings is 1. The van der Waals surface area contributed by atoms with Crippen molar-refractivity contribution in [2.45, 2.75) is 32.7 Å². The van der Waals surface area contributed by atoms with E-state index in [-0.39, 0.29) is 17.5 Å². The molecule has 0 saturated carbocycles. The van der Waals surface area contributed by atoms with Gasteiger partial charge in [0, 0.05) is 30.1 Å². The summed E-state index contributed by atoms with van der Waals surface area (Å²) in [4.78, 5) is 24.1. The van der Waals surface area contributed by atoms with Gasteiger partial charge in [0.15, 0.2) is 0 Å². The molecule has 7 heteroatoms. The molecule has 0 bridgehead atoms. The average molecular weight is 317 g/mol. The van der Waals surface area contributed by atoms with Gasteiger partial charge in [0.05, 0.1) is 11.0 Å². The van der Waals surface area contributed by atoms with Crippen LogP contribution in [0.1, 0.15) is 37.0 Å². The first-order chi connectivity index (χ1) is 9.94. The minimum Gasteiger partial charge on any atom is -0.334 e. The van der Waals surface area contributed by atoms with E-state index in [9.17, 15) is 19.3 Å². The van der Waals surface area contributed by atoms with Gasteiger partial charge >= 0.3 is 0 Å². The highest BCUT2D eigenvalue weighted by Gasteiger charge is 2.24. The maximum absolute atomic E-state index is 13.5. The SMILES string of the molecule is CCC(CC)N(CCCl)C(=O)c1cc(F)cc([N+](=O)[O-])c1. The van der Waals surface area contributed by atoms with Gasteiger partial charge in [0.2, 0.25) is 0 Å². The van der Waals surface area contributed by atoms with Crippen LogP contribution in [0.4, 0.5) is 10.1 Å². The first kappa shape index (κ1) is 17.4. The van der Waals surface area contributed by atoms with Gasteiger partial charge in [0.1, 0.15) is 5.82 Å². The molecule has 0 atom stereocenters. The van der Waals surface area contributed by atoms with Gasteiger partial charge in [-0.1, -0.05) is 13.8 Å². The van der Waals surface area contributed by atoms with Crippen LogP contribution in [-0.4, -0.2) is 34.2 Å². The highest BCUT2D eigenvalue weighted by Crippen LogP contribution is 2.20. The third-order valence-corrected chi connectivity index (χ3v) is 3.48. The summed E-state index contributed by atoms with van der Waals surface area (Å²) in [7, 11) is 0. The van der Waals surface area contributed by atoms with E-state index in [1.54, 1.807) is 4.90 Å². The highest BCUT2D eigenvalue weighted by atomic mass is 35.5. The highest BCUT2D eigenvalue weighted by molar-refractivity contribution is 6.18. The molecule has 116 valence electrons. The maximum Gasteiger partial charge on any atom is 0.273 e. The predicted molar refractivity (Wildman–Crippen MR) is 79.2 cm³/mol. The van der Waals surface area contributed by atoms with E-state index < -0.39 is 22.3 Å². The Balaban J connectivity index is 3.16. The summed E-state index contributed by atoms with van der Waals surface area (Å²) in [6, 6.07) is 2.87. The van der Waals surface area contributed by atoms with Crippen LogP contribution < -0.4 is 0 Å². The Kier molecular flexibility index (Phi) is 6.55. The molecule has 0 unspecified atom stereocenters. The first-order valence-corrected chi connectivity index (χ1v) is 7.29. The van der Waals surface area contributed by atoms with Crippen molar-refractivity contribution in [2.75, 3.05) is 12.4 Å². The van der Waals surface area contributed by atoms with E-state index in [2.05, 4.69) is 0 Å². The third-order valence-electron chi connectivity index (χ3n) is 3.31. The lowest BCUT2D eigenvalue weighted by Gasteiger charge is -2.30. The van der Waals surface area contributed by atoms with Gasteiger partial charge in [0.25, 0.3) is 11.6 Å². The lowest BCUT2D eigenvalue weighted by atomic mass is 10.1. The number of halogens is 2. The molecule has 0 heterocycles. The van der Waals surface area contributed by atoms with Crippen molar-refractivity contribution >= 4 is 23.2 Å². The van der Waals surface area contributed by atoms with Crippen molar-refractivity contribution in [3.63, 3.8) is 0 Å². The summed E-state index contributed by atoms with van der Waals surface area (Å²) >= 11 is 5.72. The molecule has 1 rings (SSSR count). The zero-order chi connectivity index (χ0) is 16.0. The van der Waals surface area contributed by atoms with E-state index in [4.69, 9.17) is 11.6 Å². The number of non-ortho nitro benzene ring substituents is 1. The topological polar surface area (TPSA) is 63.5 Å². The predicted octanol–water partition coefficient (Wildman–Crippen LogP) is 3.60. The normalized spacial score (nSPS) is 10.7. The van der Waals surface area contributed by atoms with E-state index in [0.29, 0.717) is 6.54 Å². The number of amides is 1. The second kappa shape index (κ2) is 7.93. The van der Waals surface area contributed by atoms with Gasteiger partial charge in [-0.2, -0.15) is 0 Å². The molecule has 1 amide bonds. The molecule has 0 radical (unpaired) electrons. The molecule has 0 N–H and O–H groups in total. The molecule has 1 aromatic rings. The second-order valence-corrected chi connectivity index (χ2v) is 4.99. The number of nitrogens with zero attached hydrogens (tertiary/aromatic N) is 2. The molecule has 0 aliphatic carbocycles. The van der Waals surface area contributed by atoms with Gasteiger partial charge < -0.3 is 4.90 Å². The smallest absolute Gasteiger partial charge is 0.273 e. The van der Waals surface area contributed by atoms with Crippen LogP contribution in [0.3, 0.4) is 0 Å². The van der Waals surface area contributed by atoms with Crippen LogP contribution in [0.2, 0.25) is 0 Å². The number of nitro benzene ring substituents is 1. The van der Waals surface area contributed by atoms with Crippen molar-refractivity contribution in [2.24, 2.45) is 0 Å². The van der Waals surface area contributed by atoms with Gasteiger partial charge in [-0.15, -0.1) is 11.6 Å². The molecule has 5 nitrogen and oxygen atoms in total. The number of hydrogen-bond donors (Lipinski definition) is 0. The van der Waals surface area contributed by atoms with Crippen LogP contribution >= 0.6 is 11.6 Å². The lowest BCUT2D eigenvalue weighted by molar-refractivity contribution is -0.385. The summed E-state index contributed by atoms with van der Waals surface area (Å²) in [5.41, 5.74) is -0.465. The summed E-state index contributed by atoms with van der Waals surface area (Å²) in [6.07, 6.45) is 1.47. The molecule has 21 heavy (non-hydrogen) atoms. The summed E-state index contributed by atoms with van der Waals surface area (Å²) in [5, 5.41) is 10.8. The van der Waals surface area contributed by atoms with Crippen molar-refractivity contribution in [1.82, 2.24) is 4.90 Å². The largest absolute Gasteiger partial charge is 0.334 e. The Bertz CT molecular complexity index is 521. The van der Waals surface area contributed by atoms with Crippen LogP contribution in [0.15, 0.2) is 18.2 Å². The zero-order valence-corrected chi connectivity index (χ0v) is 12.8. The average Bonchev–Trinajstić information content (AvgIpc) is 2.46. The van der Waals surface area contributed by atoms with E-state index >= 15 is 0 Å². The van der Waals surface area contributed by atoms with E-state index in [1.807, 2.05) is 13.8 Å². The van der Waals surface area contributed by atoms with Crippen LogP contribution in [0.25, 0.3) is 0 Å². The standard InChI is InChI=1S/C14H18ClFN2O3/c1-3-12(4-2)17(6-5-15)14(19)10-7-11(16)9-13(8-10)18(20)21/h7-9,12H,3-6H2,1-2H3. The molecule has 0 aromatic heterocycles. The van der Waals surface area contributed by atoms with Crippen molar-refractivity contribution in [1.29, 1.82) is 0 Å². The number of rotatable bonds is 7. The van der Waals surface area contributed by atoms with Crippen molar-refractivity contribution in [3.8, 4) is 0 Å². The van der Waals surface area contributed by atoms with Gasteiger partial charge in [-0.05, 0) is 18.9 Å². The Morgan fingerprint density at radius 2 is 2.00 bits per heavy atom. The molecule has 0 aliphatic heterocycles. The van der Waals surface area contributed by atoms with E-state index in [0.717, 1.165) is 31.0 Å². The van der Waals surface area contributed by atoms with E-state index in [1.165, 1.54) is 0 Å². The van der Waals surface area contributed by atoms with Gasteiger partial charge in [-0.25, -0.2) is 4.39 Å². The first-order valence-electron chi connectivity index (χ1n) is 6.76. The number of nitro groups is 1. The molecule has 0 saturated heterocycles. The summed E-state index contributed by atoms with van der Waals surface area (Å²) in [6.45, 7) is 4.20. The minimum absolute atomic E-state index is 0.0290. The molecule has 0 fully saturated rings. The minimum atomic E-state index is -0.803. The summed E-state index contributed by atoms with van der Waals surface area (Å²) < 4.78 is 13.5. The fourth-order valence-electron chi connectivity index (χ4n) is 2.24. The van der Waals surface area contributed by atoms with Crippen LogP contribution in [-0.2, 0) is 0 Å². The molecule has 0 aliphatic rings. The Hall–Kier alpha value is -1.69. The van der Waals surface area contributed by atoms with Gasteiger partial charge in [-0.3, -0.25) is 14.9 Å². The second-order valence-electron chi connectivity index (χ2n) is 4.61. The molecular formula is C14H18ClFN2O3. The quantitative estimate of drug-likeness (QED) is 0.438. The fraction of sp³-hybridized carbons (Fsp3) is 0.500. The molecular weight excluding hydrogens is 299 g/mol. The Labute approximate surface area is 127 Å². The van der Waals surface area contributed by atoms with Crippen molar-refractivity contribution in [3.05, 3.63) is 39.7 Å². The Morgan fingerprint density at radius 1 is 1.38 bits per heavy atom. The molecule has 1 aromatic carbocycles. The van der Waals surface area contributed by atoms with Crippen molar-refractivity contribution < 1.29 is 14.1 Å².